The van der Waals surface area contributed by atoms with Gasteiger partial charge in [0.05, 0.1) is 6.10 Å². The molecule has 5 atom stereocenters. The molecule has 1 aromatic rings. The van der Waals surface area contributed by atoms with Gasteiger partial charge in [0.2, 0.25) is 0 Å². The molecule has 0 radical (unpaired) electrons. The Morgan fingerprint density at radius 1 is 0.610 bits per heavy atom. The SMILES string of the molecule is CC(C)OC(=O)O[C@@H](C)[C@H](C)OC(=O)[C@@H](N)Cc1ccc(OC(=O)OC(C)C(C)C)c(OC(=O)OC(C)C(C)C)c1. The summed E-state index contributed by atoms with van der Waals surface area (Å²) in [7, 11) is 0. The van der Waals surface area contributed by atoms with E-state index in [0.29, 0.717) is 5.56 Å². The van der Waals surface area contributed by atoms with Crippen LogP contribution in [0.25, 0.3) is 0 Å². The highest BCUT2D eigenvalue weighted by Gasteiger charge is 2.26. The van der Waals surface area contributed by atoms with Crippen molar-refractivity contribution in [1.82, 2.24) is 0 Å². The van der Waals surface area contributed by atoms with Crippen LogP contribution in [0.5, 0.6) is 11.5 Å². The maximum absolute atomic E-state index is 12.6. The number of benzene rings is 1. The van der Waals surface area contributed by atoms with E-state index in [1.165, 1.54) is 12.1 Å². The Hall–Kier alpha value is -3.54. The number of esters is 1. The molecule has 0 aliphatic heterocycles. The van der Waals surface area contributed by atoms with Gasteiger partial charge in [-0.2, -0.15) is 0 Å². The minimum atomic E-state index is -1.11. The van der Waals surface area contributed by atoms with Gasteiger partial charge in [-0.15, -0.1) is 0 Å². The molecule has 12 nitrogen and oxygen atoms in total. The molecule has 0 fully saturated rings. The topological polar surface area (TPSA) is 159 Å². The molecule has 0 heterocycles. The number of hydrogen-bond acceptors (Lipinski definition) is 12. The Kier molecular flexibility index (Phi) is 14.4. The zero-order valence-corrected chi connectivity index (χ0v) is 25.6. The van der Waals surface area contributed by atoms with Gasteiger partial charge in [0.1, 0.15) is 30.5 Å². The van der Waals surface area contributed by atoms with E-state index < -0.39 is 54.9 Å². The summed E-state index contributed by atoms with van der Waals surface area (Å²) in [5.74, 6) is -0.868. The molecule has 2 unspecified atom stereocenters. The monoisotopic (exact) mass is 583 g/mol. The molecular weight excluding hydrogens is 538 g/mol. The van der Waals surface area contributed by atoms with Crippen LogP contribution in [-0.4, -0.2) is 61.0 Å². The zero-order chi connectivity index (χ0) is 31.4. The lowest BCUT2D eigenvalue weighted by molar-refractivity contribution is -0.155. The summed E-state index contributed by atoms with van der Waals surface area (Å²) in [4.78, 5) is 49.1. The van der Waals surface area contributed by atoms with Gasteiger partial charge in [0.15, 0.2) is 11.5 Å². The van der Waals surface area contributed by atoms with Crippen LogP contribution in [0.2, 0.25) is 0 Å². The molecule has 0 aromatic heterocycles. The number of ether oxygens (including phenoxy) is 7. The third kappa shape index (κ3) is 13.1. The Labute approximate surface area is 242 Å². The number of carbonyl (C=O) groups is 4. The second kappa shape index (κ2) is 16.7. The fourth-order valence-electron chi connectivity index (χ4n) is 2.82. The minimum absolute atomic E-state index is 0.0148. The Bertz CT molecular complexity index is 1020. The fourth-order valence-corrected chi connectivity index (χ4v) is 2.82. The molecule has 0 aliphatic carbocycles. The largest absolute Gasteiger partial charge is 0.514 e. The van der Waals surface area contributed by atoms with Crippen LogP contribution in [0.15, 0.2) is 18.2 Å². The van der Waals surface area contributed by atoms with Gasteiger partial charge in [-0.3, -0.25) is 4.79 Å². The van der Waals surface area contributed by atoms with Gasteiger partial charge in [-0.05, 0) is 77.5 Å². The normalized spacial score (nSPS) is 14.9. The molecule has 232 valence electrons. The minimum Gasteiger partial charge on any atom is -0.458 e. The van der Waals surface area contributed by atoms with E-state index in [4.69, 9.17) is 38.9 Å². The predicted molar refractivity (Wildman–Crippen MR) is 149 cm³/mol. The highest BCUT2D eigenvalue weighted by molar-refractivity contribution is 5.76. The number of hydrogen-bond donors (Lipinski definition) is 1. The van der Waals surface area contributed by atoms with Crippen molar-refractivity contribution in [2.75, 3.05) is 0 Å². The van der Waals surface area contributed by atoms with Crippen LogP contribution in [0.4, 0.5) is 14.4 Å². The van der Waals surface area contributed by atoms with E-state index in [-0.39, 0.29) is 35.9 Å². The van der Waals surface area contributed by atoms with E-state index >= 15 is 0 Å². The van der Waals surface area contributed by atoms with Crippen molar-refractivity contribution in [3.05, 3.63) is 23.8 Å². The van der Waals surface area contributed by atoms with E-state index in [1.54, 1.807) is 47.6 Å². The highest BCUT2D eigenvalue weighted by atomic mass is 16.8. The van der Waals surface area contributed by atoms with Gasteiger partial charge < -0.3 is 38.9 Å². The van der Waals surface area contributed by atoms with Crippen molar-refractivity contribution >= 4 is 24.4 Å². The van der Waals surface area contributed by atoms with Gasteiger partial charge in [-0.1, -0.05) is 33.8 Å². The van der Waals surface area contributed by atoms with Gasteiger partial charge in [-0.25, -0.2) is 14.4 Å². The molecule has 1 aromatic carbocycles. The van der Waals surface area contributed by atoms with Crippen molar-refractivity contribution in [2.45, 2.75) is 112 Å². The molecule has 0 saturated heterocycles. The van der Waals surface area contributed by atoms with E-state index in [9.17, 15) is 19.2 Å². The summed E-state index contributed by atoms with van der Waals surface area (Å²) in [6.07, 6.45) is -5.67. The maximum Gasteiger partial charge on any atom is 0.514 e. The van der Waals surface area contributed by atoms with Crippen LogP contribution in [0, 0.1) is 11.8 Å². The van der Waals surface area contributed by atoms with Crippen LogP contribution >= 0.6 is 0 Å². The second-order valence-electron chi connectivity index (χ2n) is 10.8. The first kappa shape index (κ1) is 35.5. The number of carbonyl (C=O) groups excluding carboxylic acids is 4. The lowest BCUT2D eigenvalue weighted by Crippen LogP contribution is -2.39. The highest BCUT2D eigenvalue weighted by Crippen LogP contribution is 2.30. The summed E-state index contributed by atoms with van der Waals surface area (Å²) >= 11 is 0. The molecule has 0 aliphatic rings. The quantitative estimate of drug-likeness (QED) is 0.175. The third-order valence-corrected chi connectivity index (χ3v) is 6.17. The standard InChI is InChI=1S/C29H45NO11/c1-15(2)18(7)37-28(33)40-24-12-11-22(14-25(24)41-29(34)38-19(8)16(3)4)13-23(30)26(31)36-20(9)21(10)39-27(32)35-17(5)6/h11-12,14-21,23H,13,30H2,1-10H3/t18?,19?,20-,21-,23-/m0/s1. The lowest BCUT2D eigenvalue weighted by Gasteiger charge is -2.22. The summed E-state index contributed by atoms with van der Waals surface area (Å²) in [5, 5.41) is 0. The second-order valence-corrected chi connectivity index (χ2v) is 10.8. The summed E-state index contributed by atoms with van der Waals surface area (Å²) in [6.45, 7) is 17.4. The van der Waals surface area contributed by atoms with Crippen molar-refractivity contribution in [1.29, 1.82) is 0 Å². The Balaban J connectivity index is 3.00. The number of rotatable bonds is 13. The molecular formula is C29H45NO11. The molecule has 0 spiro atoms. The smallest absolute Gasteiger partial charge is 0.458 e. The fraction of sp³-hybridized carbons (Fsp3) is 0.655. The first-order valence-electron chi connectivity index (χ1n) is 13.7. The average Bonchev–Trinajstić information content (AvgIpc) is 2.84. The van der Waals surface area contributed by atoms with Crippen LogP contribution < -0.4 is 15.2 Å². The van der Waals surface area contributed by atoms with Gasteiger partial charge >= 0.3 is 24.4 Å². The van der Waals surface area contributed by atoms with Crippen LogP contribution in [0.1, 0.15) is 74.8 Å². The average molecular weight is 584 g/mol. The maximum atomic E-state index is 12.6. The van der Waals surface area contributed by atoms with Crippen LogP contribution in [-0.2, 0) is 34.9 Å². The van der Waals surface area contributed by atoms with Crippen molar-refractivity contribution < 1.29 is 52.3 Å². The molecule has 1 rings (SSSR count). The molecule has 41 heavy (non-hydrogen) atoms. The first-order chi connectivity index (χ1) is 19.0. The molecule has 12 heteroatoms. The predicted octanol–water partition coefficient (Wildman–Crippen LogP) is 5.56. The molecule has 0 amide bonds. The van der Waals surface area contributed by atoms with Crippen molar-refractivity contribution in [2.24, 2.45) is 17.6 Å². The van der Waals surface area contributed by atoms with Gasteiger partial charge in [0, 0.05) is 0 Å². The molecule has 2 N–H and O–H groups in total. The summed E-state index contributed by atoms with van der Waals surface area (Å²) < 4.78 is 36.5. The summed E-state index contributed by atoms with van der Waals surface area (Å²) in [6, 6.07) is 3.23. The molecule has 0 bridgehead atoms. The third-order valence-electron chi connectivity index (χ3n) is 6.17. The Morgan fingerprint density at radius 2 is 1.07 bits per heavy atom. The molecule has 0 saturated carbocycles. The number of nitrogens with two attached hydrogens (primary N) is 1. The van der Waals surface area contributed by atoms with E-state index in [0.717, 1.165) is 0 Å². The zero-order valence-electron chi connectivity index (χ0n) is 25.6. The lowest BCUT2D eigenvalue weighted by atomic mass is 10.1. The van der Waals surface area contributed by atoms with Crippen molar-refractivity contribution in [3.8, 4) is 11.5 Å². The van der Waals surface area contributed by atoms with Crippen molar-refractivity contribution in [3.63, 3.8) is 0 Å². The van der Waals surface area contributed by atoms with Gasteiger partial charge in [0.25, 0.3) is 0 Å². The first-order valence-corrected chi connectivity index (χ1v) is 13.7. The van der Waals surface area contributed by atoms with Crippen LogP contribution in [0.3, 0.4) is 0 Å². The Morgan fingerprint density at radius 3 is 1.56 bits per heavy atom. The van der Waals surface area contributed by atoms with E-state index in [1.807, 2.05) is 27.7 Å². The summed E-state index contributed by atoms with van der Waals surface area (Å²) in [5.41, 5.74) is 6.55. The van der Waals surface area contributed by atoms with E-state index in [2.05, 4.69) is 0 Å².